The summed E-state index contributed by atoms with van der Waals surface area (Å²) in [4.78, 5) is 18.9. The third kappa shape index (κ3) is 6.68. The largest absolute Gasteiger partial charge is 0.573 e. The fraction of sp³-hybridized carbons (Fsp3) is 0.286. The van der Waals surface area contributed by atoms with Crippen LogP contribution in [0.25, 0.3) is 16.7 Å². The number of aromatic nitrogens is 2. The van der Waals surface area contributed by atoms with Crippen LogP contribution in [0.5, 0.6) is 11.5 Å². The van der Waals surface area contributed by atoms with Gasteiger partial charge in [-0.1, -0.05) is 18.2 Å². The van der Waals surface area contributed by atoms with Crippen molar-refractivity contribution >= 4 is 16.9 Å². The first kappa shape index (κ1) is 26.5. The Morgan fingerprint density at radius 1 is 1.00 bits per heavy atom. The Balaban J connectivity index is 1.38. The minimum atomic E-state index is -4.74. The highest BCUT2D eigenvalue weighted by Gasteiger charge is 2.31. The number of amides is 1. The number of rotatable bonds is 9. The number of halogens is 3. The van der Waals surface area contributed by atoms with Crippen molar-refractivity contribution in [3.63, 3.8) is 0 Å². The van der Waals surface area contributed by atoms with Crippen LogP contribution in [-0.2, 0) is 17.8 Å². The summed E-state index contributed by atoms with van der Waals surface area (Å²) >= 11 is 0. The highest BCUT2D eigenvalue weighted by Crippen LogP contribution is 2.27. The molecule has 0 saturated carbocycles. The maximum atomic E-state index is 12.4. The standard InChI is InChI=1S/C28H27F3N4O4/c29-28(30,31)39-22-7-4-19(5-8-22)18-38-23-3-1-2-21(17-23)35-25-9-6-20(27(32)36)16-24(25)33-26(35)10-11-34-12-14-37-15-13-34/h1-9,16-17H,10-15,18H2,(H2,32,36). The van der Waals surface area contributed by atoms with E-state index in [2.05, 4.69) is 9.64 Å². The second-order valence-electron chi connectivity index (χ2n) is 9.11. The molecule has 0 aliphatic carbocycles. The molecule has 204 valence electrons. The fourth-order valence-electron chi connectivity index (χ4n) is 4.49. The van der Waals surface area contributed by atoms with E-state index in [1.54, 1.807) is 12.1 Å². The molecular weight excluding hydrogens is 513 g/mol. The van der Waals surface area contributed by atoms with Crippen LogP contribution in [0.4, 0.5) is 13.2 Å². The number of nitrogens with zero attached hydrogens (tertiary/aromatic N) is 3. The monoisotopic (exact) mass is 540 g/mol. The third-order valence-corrected chi connectivity index (χ3v) is 6.40. The maximum absolute atomic E-state index is 12.4. The van der Waals surface area contributed by atoms with Crippen molar-refractivity contribution < 1.29 is 32.2 Å². The first-order chi connectivity index (χ1) is 18.7. The lowest BCUT2D eigenvalue weighted by Gasteiger charge is -2.26. The van der Waals surface area contributed by atoms with Gasteiger partial charge >= 0.3 is 6.36 Å². The van der Waals surface area contributed by atoms with Crippen LogP contribution in [0.3, 0.4) is 0 Å². The van der Waals surface area contributed by atoms with E-state index in [0.717, 1.165) is 36.7 Å². The zero-order chi connectivity index (χ0) is 27.4. The molecule has 1 aliphatic heterocycles. The Hall–Kier alpha value is -4.09. The van der Waals surface area contributed by atoms with E-state index < -0.39 is 12.3 Å². The molecule has 5 rings (SSSR count). The SMILES string of the molecule is NC(=O)c1ccc2c(c1)nc(CCN1CCOCC1)n2-c1cccc(OCc2ccc(OC(F)(F)F)cc2)c1. The minimum absolute atomic E-state index is 0.159. The van der Waals surface area contributed by atoms with Crippen molar-refractivity contribution in [3.05, 3.63) is 83.7 Å². The van der Waals surface area contributed by atoms with E-state index in [0.29, 0.717) is 42.0 Å². The molecule has 11 heteroatoms. The summed E-state index contributed by atoms with van der Waals surface area (Å²) in [6.45, 7) is 4.09. The molecule has 1 aromatic heterocycles. The number of hydrogen-bond acceptors (Lipinski definition) is 6. The molecule has 3 aromatic carbocycles. The summed E-state index contributed by atoms with van der Waals surface area (Å²) in [6.07, 6.45) is -4.06. The first-order valence-corrected chi connectivity index (χ1v) is 12.4. The number of imidazole rings is 1. The van der Waals surface area contributed by atoms with Crippen LogP contribution >= 0.6 is 0 Å². The molecule has 0 atom stereocenters. The molecule has 4 aromatic rings. The van der Waals surface area contributed by atoms with E-state index in [-0.39, 0.29) is 12.4 Å². The average Bonchev–Trinajstić information content (AvgIpc) is 3.29. The molecular formula is C28H27F3N4O4. The van der Waals surface area contributed by atoms with Gasteiger partial charge in [-0.15, -0.1) is 13.2 Å². The molecule has 2 heterocycles. The molecule has 0 unspecified atom stereocenters. The lowest BCUT2D eigenvalue weighted by molar-refractivity contribution is -0.274. The van der Waals surface area contributed by atoms with Gasteiger partial charge in [0.1, 0.15) is 23.9 Å². The number of benzene rings is 3. The molecule has 1 amide bonds. The van der Waals surface area contributed by atoms with E-state index >= 15 is 0 Å². The van der Waals surface area contributed by atoms with Gasteiger partial charge in [0.2, 0.25) is 5.91 Å². The second-order valence-corrected chi connectivity index (χ2v) is 9.11. The highest BCUT2D eigenvalue weighted by atomic mass is 19.4. The van der Waals surface area contributed by atoms with Gasteiger partial charge in [0.05, 0.1) is 29.9 Å². The Morgan fingerprint density at radius 3 is 2.49 bits per heavy atom. The van der Waals surface area contributed by atoms with Gasteiger partial charge in [0, 0.05) is 37.7 Å². The van der Waals surface area contributed by atoms with Crippen LogP contribution in [0, 0.1) is 0 Å². The number of hydrogen-bond donors (Lipinski definition) is 1. The van der Waals surface area contributed by atoms with Crippen molar-refractivity contribution in [3.8, 4) is 17.2 Å². The molecule has 0 radical (unpaired) electrons. The van der Waals surface area contributed by atoms with Gasteiger partial charge in [-0.05, 0) is 48.0 Å². The number of carbonyl (C=O) groups is 1. The van der Waals surface area contributed by atoms with E-state index in [1.807, 2.05) is 34.9 Å². The van der Waals surface area contributed by atoms with Crippen molar-refractivity contribution in [2.24, 2.45) is 5.73 Å². The van der Waals surface area contributed by atoms with E-state index in [9.17, 15) is 18.0 Å². The van der Waals surface area contributed by atoms with Crippen LogP contribution in [0.2, 0.25) is 0 Å². The lowest BCUT2D eigenvalue weighted by Crippen LogP contribution is -2.37. The summed E-state index contributed by atoms with van der Waals surface area (Å²) in [5.41, 5.74) is 8.88. The molecule has 8 nitrogen and oxygen atoms in total. The number of alkyl halides is 3. The fourth-order valence-corrected chi connectivity index (χ4v) is 4.49. The highest BCUT2D eigenvalue weighted by molar-refractivity contribution is 5.96. The lowest BCUT2D eigenvalue weighted by atomic mass is 10.2. The van der Waals surface area contributed by atoms with E-state index in [1.165, 1.54) is 24.3 Å². The number of fused-ring (bicyclic) bond motifs is 1. The Kier molecular flexibility index (Phi) is 7.71. The normalized spacial score (nSPS) is 14.4. The number of primary amides is 1. The van der Waals surface area contributed by atoms with Gasteiger partial charge in [-0.2, -0.15) is 0 Å². The molecule has 1 saturated heterocycles. The van der Waals surface area contributed by atoms with Crippen molar-refractivity contribution in [1.82, 2.24) is 14.5 Å². The van der Waals surface area contributed by atoms with Crippen LogP contribution < -0.4 is 15.2 Å². The number of morpholine rings is 1. The summed E-state index contributed by atoms with van der Waals surface area (Å²) in [6, 6.07) is 18.2. The first-order valence-electron chi connectivity index (χ1n) is 12.4. The molecule has 0 spiro atoms. The number of carbonyl (C=O) groups excluding carboxylic acids is 1. The Labute approximate surface area is 222 Å². The molecule has 1 aliphatic rings. The predicted octanol–water partition coefficient (Wildman–Crippen LogP) is 4.48. The zero-order valence-corrected chi connectivity index (χ0v) is 21.0. The smallest absolute Gasteiger partial charge is 0.489 e. The van der Waals surface area contributed by atoms with Crippen LogP contribution in [0.15, 0.2) is 66.7 Å². The van der Waals surface area contributed by atoms with E-state index in [4.69, 9.17) is 20.2 Å². The van der Waals surface area contributed by atoms with Crippen molar-refractivity contribution in [2.45, 2.75) is 19.4 Å². The Morgan fingerprint density at radius 2 is 1.77 bits per heavy atom. The molecule has 1 fully saturated rings. The van der Waals surface area contributed by atoms with Gasteiger partial charge in [0.15, 0.2) is 0 Å². The summed E-state index contributed by atoms with van der Waals surface area (Å²) in [5, 5.41) is 0. The zero-order valence-electron chi connectivity index (χ0n) is 21.0. The number of nitrogens with two attached hydrogens (primary N) is 1. The van der Waals surface area contributed by atoms with Gasteiger partial charge < -0.3 is 19.9 Å². The quantitative estimate of drug-likeness (QED) is 0.337. The van der Waals surface area contributed by atoms with Gasteiger partial charge in [0.25, 0.3) is 0 Å². The summed E-state index contributed by atoms with van der Waals surface area (Å²) in [7, 11) is 0. The molecule has 0 bridgehead atoms. The van der Waals surface area contributed by atoms with Crippen molar-refractivity contribution in [1.29, 1.82) is 0 Å². The average molecular weight is 541 g/mol. The summed E-state index contributed by atoms with van der Waals surface area (Å²) in [5.74, 6) is 0.604. The van der Waals surface area contributed by atoms with Crippen LogP contribution in [-0.4, -0.2) is 59.6 Å². The van der Waals surface area contributed by atoms with Gasteiger partial charge in [-0.25, -0.2) is 4.98 Å². The maximum Gasteiger partial charge on any atom is 0.573 e. The topological polar surface area (TPSA) is 91.8 Å². The summed E-state index contributed by atoms with van der Waals surface area (Å²) < 4.78 is 54.6. The number of ether oxygens (including phenoxy) is 3. The third-order valence-electron chi connectivity index (χ3n) is 6.40. The molecule has 2 N–H and O–H groups in total. The minimum Gasteiger partial charge on any atom is -0.489 e. The van der Waals surface area contributed by atoms with Gasteiger partial charge in [-0.3, -0.25) is 14.3 Å². The van der Waals surface area contributed by atoms with Crippen molar-refractivity contribution in [2.75, 3.05) is 32.8 Å². The van der Waals surface area contributed by atoms with Crippen LogP contribution in [0.1, 0.15) is 21.7 Å². The Bertz CT molecular complexity index is 1450. The predicted molar refractivity (Wildman–Crippen MR) is 138 cm³/mol. The molecule has 39 heavy (non-hydrogen) atoms. The second kappa shape index (κ2) is 11.3.